The van der Waals surface area contributed by atoms with Crippen molar-refractivity contribution in [1.29, 1.82) is 0 Å². The molecule has 0 saturated carbocycles. The average molecular weight is 348 g/mol. The molecule has 0 aliphatic heterocycles. The summed E-state index contributed by atoms with van der Waals surface area (Å²) in [6.07, 6.45) is 2.77. The highest BCUT2D eigenvalue weighted by Gasteiger charge is 2.18. The van der Waals surface area contributed by atoms with E-state index in [-0.39, 0.29) is 10.9 Å². The molecular formula is C11H9BrClFN4O. The fourth-order valence-corrected chi connectivity index (χ4v) is 2.33. The molecule has 2 rings (SSSR count). The first-order valence-corrected chi connectivity index (χ1v) is 6.45. The second-order valence-electron chi connectivity index (χ2n) is 3.79. The van der Waals surface area contributed by atoms with Crippen LogP contribution in [0.25, 0.3) is 0 Å². The van der Waals surface area contributed by atoms with Crippen molar-refractivity contribution in [1.82, 2.24) is 14.8 Å². The number of amides is 1. The Labute approximate surface area is 121 Å². The molecule has 1 atom stereocenters. The average Bonchev–Trinajstić information content (AvgIpc) is 2.86. The smallest absolute Gasteiger partial charge is 0.249 e. The van der Waals surface area contributed by atoms with E-state index >= 15 is 0 Å². The zero-order valence-electron chi connectivity index (χ0n) is 9.77. The molecular weight excluding hydrogens is 339 g/mol. The molecule has 100 valence electrons. The standard InChI is InChI=1S/C11H9BrClFN4O/c1-6(18-5-15-4-16-18)11(19)17-10-8(12)2-7(14)3-9(10)13/h2-6H,1H3,(H,17,19). The van der Waals surface area contributed by atoms with Crippen molar-refractivity contribution >= 4 is 39.1 Å². The quantitative estimate of drug-likeness (QED) is 0.928. The molecule has 1 aromatic heterocycles. The van der Waals surface area contributed by atoms with Crippen molar-refractivity contribution in [2.24, 2.45) is 0 Å². The number of benzene rings is 1. The minimum Gasteiger partial charge on any atom is -0.322 e. The van der Waals surface area contributed by atoms with Gasteiger partial charge in [-0.3, -0.25) is 4.79 Å². The van der Waals surface area contributed by atoms with Crippen LogP contribution >= 0.6 is 27.5 Å². The van der Waals surface area contributed by atoms with Gasteiger partial charge in [-0.05, 0) is 35.0 Å². The van der Waals surface area contributed by atoms with Crippen LogP contribution in [0.1, 0.15) is 13.0 Å². The Bertz CT molecular complexity index is 582. The molecule has 8 heteroatoms. The topological polar surface area (TPSA) is 59.8 Å². The third kappa shape index (κ3) is 3.10. The minimum absolute atomic E-state index is 0.117. The van der Waals surface area contributed by atoms with Crippen molar-refractivity contribution in [2.45, 2.75) is 13.0 Å². The van der Waals surface area contributed by atoms with Gasteiger partial charge in [0.05, 0.1) is 10.7 Å². The number of nitrogens with one attached hydrogen (secondary N) is 1. The molecule has 5 nitrogen and oxygen atoms in total. The summed E-state index contributed by atoms with van der Waals surface area (Å²) in [5, 5.41) is 6.62. The fourth-order valence-electron chi connectivity index (χ4n) is 1.43. The second-order valence-corrected chi connectivity index (χ2v) is 5.05. The third-order valence-corrected chi connectivity index (χ3v) is 3.39. The van der Waals surface area contributed by atoms with Crippen LogP contribution in [0.4, 0.5) is 10.1 Å². The largest absolute Gasteiger partial charge is 0.322 e. The molecule has 19 heavy (non-hydrogen) atoms. The summed E-state index contributed by atoms with van der Waals surface area (Å²) in [6, 6.07) is 1.79. The fraction of sp³-hybridized carbons (Fsp3) is 0.182. The monoisotopic (exact) mass is 346 g/mol. The van der Waals surface area contributed by atoms with Crippen molar-refractivity contribution in [2.75, 3.05) is 5.32 Å². The lowest BCUT2D eigenvalue weighted by molar-refractivity contribution is -0.119. The second kappa shape index (κ2) is 5.66. The van der Waals surface area contributed by atoms with Gasteiger partial charge in [0, 0.05) is 4.47 Å². The molecule has 1 unspecified atom stereocenters. The van der Waals surface area contributed by atoms with Crippen molar-refractivity contribution in [3.05, 3.63) is 40.1 Å². The van der Waals surface area contributed by atoms with Crippen LogP contribution in [0.15, 0.2) is 29.3 Å². The first kappa shape index (κ1) is 14.0. The predicted octanol–water partition coefficient (Wildman–Crippen LogP) is 3.03. The van der Waals surface area contributed by atoms with E-state index in [1.807, 2.05) is 0 Å². The van der Waals surface area contributed by atoms with Crippen LogP contribution < -0.4 is 5.32 Å². The number of anilines is 1. The van der Waals surface area contributed by atoms with E-state index in [1.54, 1.807) is 6.92 Å². The van der Waals surface area contributed by atoms with Crippen LogP contribution in [0.2, 0.25) is 5.02 Å². The van der Waals surface area contributed by atoms with E-state index in [9.17, 15) is 9.18 Å². The first-order valence-electron chi connectivity index (χ1n) is 5.28. The van der Waals surface area contributed by atoms with Gasteiger partial charge in [-0.15, -0.1) is 0 Å². The molecule has 1 heterocycles. The molecule has 0 aliphatic carbocycles. The number of halogens is 3. The third-order valence-electron chi connectivity index (χ3n) is 2.47. The lowest BCUT2D eigenvalue weighted by Crippen LogP contribution is -2.24. The maximum absolute atomic E-state index is 13.1. The van der Waals surface area contributed by atoms with Gasteiger partial charge >= 0.3 is 0 Å². The number of hydrogen-bond acceptors (Lipinski definition) is 3. The molecule has 1 amide bonds. The summed E-state index contributed by atoms with van der Waals surface area (Å²) in [5.74, 6) is -0.820. The molecule has 0 fully saturated rings. The van der Waals surface area contributed by atoms with Gasteiger partial charge in [-0.1, -0.05) is 11.6 Å². The Morgan fingerprint density at radius 3 is 2.89 bits per heavy atom. The van der Waals surface area contributed by atoms with Crippen LogP contribution in [0, 0.1) is 5.82 Å². The maximum Gasteiger partial charge on any atom is 0.249 e. The summed E-state index contributed by atoms with van der Waals surface area (Å²) in [6.45, 7) is 1.66. The van der Waals surface area contributed by atoms with Crippen LogP contribution in [-0.2, 0) is 4.79 Å². The number of nitrogens with zero attached hydrogens (tertiary/aromatic N) is 3. The minimum atomic E-state index is -0.560. The Morgan fingerprint density at radius 1 is 1.58 bits per heavy atom. The Kier molecular flexibility index (Phi) is 4.16. The number of carbonyl (C=O) groups is 1. The number of hydrogen-bond donors (Lipinski definition) is 1. The summed E-state index contributed by atoms with van der Waals surface area (Å²) >= 11 is 9.04. The zero-order valence-corrected chi connectivity index (χ0v) is 12.1. The lowest BCUT2D eigenvalue weighted by Gasteiger charge is -2.14. The van der Waals surface area contributed by atoms with Gasteiger partial charge in [0.1, 0.15) is 24.5 Å². The van der Waals surface area contributed by atoms with Gasteiger partial charge in [0.2, 0.25) is 5.91 Å². The molecule has 0 radical (unpaired) electrons. The van der Waals surface area contributed by atoms with E-state index in [0.29, 0.717) is 10.2 Å². The Morgan fingerprint density at radius 2 is 2.32 bits per heavy atom. The number of carbonyl (C=O) groups excluding carboxylic acids is 1. The molecule has 1 aromatic carbocycles. The van der Waals surface area contributed by atoms with Gasteiger partial charge in [0.15, 0.2) is 0 Å². The van der Waals surface area contributed by atoms with Crippen LogP contribution in [0.3, 0.4) is 0 Å². The summed E-state index contributed by atoms with van der Waals surface area (Å²) in [5.41, 5.74) is 0.319. The van der Waals surface area contributed by atoms with Gasteiger partial charge < -0.3 is 5.32 Å². The normalized spacial score (nSPS) is 12.2. The predicted molar refractivity (Wildman–Crippen MR) is 72.5 cm³/mol. The molecule has 1 N–H and O–H groups in total. The van der Waals surface area contributed by atoms with Gasteiger partial charge in [-0.25, -0.2) is 14.1 Å². The van der Waals surface area contributed by atoms with E-state index in [0.717, 1.165) is 6.07 Å². The molecule has 0 bridgehead atoms. The molecule has 0 aliphatic rings. The summed E-state index contributed by atoms with van der Waals surface area (Å²) in [4.78, 5) is 15.8. The SMILES string of the molecule is CC(C(=O)Nc1c(Cl)cc(F)cc1Br)n1cncn1. The molecule has 0 saturated heterocycles. The zero-order chi connectivity index (χ0) is 14.0. The van der Waals surface area contributed by atoms with Crippen molar-refractivity contribution in [3.8, 4) is 0 Å². The number of rotatable bonds is 3. The summed E-state index contributed by atoms with van der Waals surface area (Å²) < 4.78 is 14.9. The van der Waals surface area contributed by atoms with E-state index in [2.05, 4.69) is 31.3 Å². The first-order chi connectivity index (χ1) is 8.99. The highest BCUT2D eigenvalue weighted by atomic mass is 79.9. The lowest BCUT2D eigenvalue weighted by atomic mass is 10.2. The van der Waals surface area contributed by atoms with Crippen LogP contribution in [-0.4, -0.2) is 20.7 Å². The van der Waals surface area contributed by atoms with Gasteiger partial charge in [0.25, 0.3) is 0 Å². The highest BCUT2D eigenvalue weighted by Crippen LogP contribution is 2.32. The van der Waals surface area contributed by atoms with Gasteiger partial charge in [-0.2, -0.15) is 5.10 Å². The van der Waals surface area contributed by atoms with Crippen molar-refractivity contribution < 1.29 is 9.18 Å². The molecule has 2 aromatic rings. The van der Waals surface area contributed by atoms with E-state index in [4.69, 9.17) is 11.6 Å². The Hall–Kier alpha value is -1.47. The summed E-state index contributed by atoms with van der Waals surface area (Å²) in [7, 11) is 0. The van der Waals surface area contributed by atoms with Crippen molar-refractivity contribution in [3.63, 3.8) is 0 Å². The highest BCUT2D eigenvalue weighted by molar-refractivity contribution is 9.10. The van der Waals surface area contributed by atoms with Crippen LogP contribution in [0.5, 0.6) is 0 Å². The maximum atomic E-state index is 13.1. The molecule has 0 spiro atoms. The van der Waals surface area contributed by atoms with E-state index in [1.165, 1.54) is 23.4 Å². The van der Waals surface area contributed by atoms with E-state index < -0.39 is 11.9 Å². The Balaban J connectivity index is 2.20. The number of aromatic nitrogens is 3.